The van der Waals surface area contributed by atoms with Gasteiger partial charge in [-0.05, 0) is 71.1 Å². The predicted molar refractivity (Wildman–Crippen MR) is 114 cm³/mol. The summed E-state index contributed by atoms with van der Waals surface area (Å²) in [5.41, 5.74) is 0.782. The quantitative estimate of drug-likeness (QED) is 0.335. The molecule has 0 N–H and O–H groups in total. The minimum Gasteiger partial charge on any atom is -0.456 e. The Balaban J connectivity index is 2.03. The molecule has 4 unspecified atom stereocenters. The highest BCUT2D eigenvalue weighted by Gasteiger charge is 2.42. The summed E-state index contributed by atoms with van der Waals surface area (Å²) >= 11 is 0. The number of ether oxygens (including phenoxy) is 3. The third kappa shape index (κ3) is 6.77. The number of hydrogen-bond acceptors (Lipinski definition) is 6. The molecule has 0 saturated heterocycles. The number of esters is 3. The molecule has 2 saturated carbocycles. The van der Waals surface area contributed by atoms with Crippen molar-refractivity contribution in [2.45, 2.75) is 83.8 Å². The van der Waals surface area contributed by atoms with Crippen LogP contribution in [0.3, 0.4) is 0 Å². The molecule has 0 amide bonds. The molecular formula is C24H33FO6. The first kappa shape index (κ1) is 24.8. The van der Waals surface area contributed by atoms with Crippen LogP contribution >= 0.6 is 0 Å². The van der Waals surface area contributed by atoms with Gasteiger partial charge in [-0.15, -0.1) is 0 Å². The highest BCUT2D eigenvalue weighted by Crippen LogP contribution is 2.41. The van der Waals surface area contributed by atoms with Crippen molar-refractivity contribution in [3.63, 3.8) is 0 Å². The number of carbonyl (C=O) groups excluding carboxylic acids is 3. The van der Waals surface area contributed by atoms with E-state index in [1.54, 1.807) is 13.8 Å². The van der Waals surface area contributed by atoms with Gasteiger partial charge in [0, 0.05) is 16.7 Å². The van der Waals surface area contributed by atoms with Crippen LogP contribution in [0.15, 0.2) is 36.5 Å². The van der Waals surface area contributed by atoms with Crippen LogP contribution in [0.2, 0.25) is 0 Å². The molecule has 2 rings (SSSR count). The second-order valence-electron chi connectivity index (χ2n) is 8.83. The summed E-state index contributed by atoms with van der Waals surface area (Å²) in [7, 11) is 0. The van der Waals surface area contributed by atoms with Crippen molar-refractivity contribution >= 4 is 17.9 Å². The first-order valence-electron chi connectivity index (χ1n) is 10.7. The van der Waals surface area contributed by atoms with Gasteiger partial charge in [0.15, 0.2) is 0 Å². The van der Waals surface area contributed by atoms with Crippen molar-refractivity contribution in [2.75, 3.05) is 0 Å². The zero-order valence-corrected chi connectivity index (χ0v) is 18.7. The van der Waals surface area contributed by atoms with E-state index in [2.05, 4.69) is 19.7 Å². The Morgan fingerprint density at radius 2 is 1.03 bits per heavy atom. The van der Waals surface area contributed by atoms with Crippen molar-refractivity contribution in [2.24, 2.45) is 11.8 Å². The van der Waals surface area contributed by atoms with E-state index in [1.165, 1.54) is 6.92 Å². The maximum atomic E-state index is 14.7. The fraction of sp³-hybridized carbons (Fsp3) is 0.625. The Morgan fingerprint density at radius 1 is 0.645 bits per heavy atom. The standard InChI is InChI=1S/C24H33FO6/c1-13(2)22(26)29-19-9-7-16(11-18(19)25)17-8-10-20(30-23(27)14(3)4)21(12-17)31-24(28)15(5)6/h16-21H,1,3,5,7-12H2,2,4,6H3/t16-,17?,18?,19?,20-,21?/m1/s1. The summed E-state index contributed by atoms with van der Waals surface area (Å²) in [5, 5.41) is 0. The summed E-state index contributed by atoms with van der Waals surface area (Å²) in [4.78, 5) is 35.8. The SMILES string of the molecule is C=C(C)C(=O)OC1CC[C@@H](C2CC[C@@H](OC(=O)C(=C)C)C(OC(=O)C(=C)C)C2)CC1F. The molecule has 172 valence electrons. The van der Waals surface area contributed by atoms with Crippen LogP contribution in [0.5, 0.6) is 0 Å². The van der Waals surface area contributed by atoms with E-state index >= 15 is 0 Å². The lowest BCUT2D eigenvalue weighted by molar-refractivity contribution is -0.170. The fourth-order valence-electron chi connectivity index (χ4n) is 4.21. The van der Waals surface area contributed by atoms with E-state index in [9.17, 15) is 18.8 Å². The van der Waals surface area contributed by atoms with Gasteiger partial charge in [0.2, 0.25) is 0 Å². The van der Waals surface area contributed by atoms with Crippen molar-refractivity contribution < 1.29 is 33.0 Å². The van der Waals surface area contributed by atoms with E-state index < -0.39 is 42.4 Å². The molecule has 7 heteroatoms. The topological polar surface area (TPSA) is 78.9 Å². The normalized spacial score (nSPS) is 30.6. The third-order valence-electron chi connectivity index (χ3n) is 6.01. The Morgan fingerprint density at radius 3 is 1.48 bits per heavy atom. The predicted octanol–water partition coefficient (Wildman–Crippen LogP) is 4.39. The van der Waals surface area contributed by atoms with E-state index in [0.717, 1.165) is 6.42 Å². The number of carbonyl (C=O) groups is 3. The summed E-state index contributed by atoms with van der Waals surface area (Å²) in [6.45, 7) is 15.4. The van der Waals surface area contributed by atoms with Crippen LogP contribution in [0, 0.1) is 11.8 Å². The zero-order chi connectivity index (χ0) is 23.3. The van der Waals surface area contributed by atoms with Crippen LogP contribution in [0.4, 0.5) is 4.39 Å². The van der Waals surface area contributed by atoms with Gasteiger partial charge in [-0.3, -0.25) is 0 Å². The van der Waals surface area contributed by atoms with Crippen LogP contribution in [0.25, 0.3) is 0 Å². The minimum atomic E-state index is -1.25. The average Bonchev–Trinajstić information content (AvgIpc) is 2.70. The first-order chi connectivity index (χ1) is 14.5. The summed E-state index contributed by atoms with van der Waals surface area (Å²) < 4.78 is 31.0. The number of alkyl halides is 1. The van der Waals surface area contributed by atoms with Gasteiger partial charge in [0.05, 0.1) is 0 Å². The Kier molecular flexibility index (Phi) is 8.60. The van der Waals surface area contributed by atoms with E-state index in [-0.39, 0.29) is 35.0 Å². The Labute approximate surface area is 183 Å². The van der Waals surface area contributed by atoms with Crippen molar-refractivity contribution in [1.82, 2.24) is 0 Å². The molecule has 2 aliphatic rings. The first-order valence-corrected chi connectivity index (χ1v) is 10.7. The van der Waals surface area contributed by atoms with Crippen molar-refractivity contribution in [1.29, 1.82) is 0 Å². The summed E-state index contributed by atoms with van der Waals surface area (Å²) in [6, 6.07) is 0. The third-order valence-corrected chi connectivity index (χ3v) is 6.01. The van der Waals surface area contributed by atoms with E-state index in [1.807, 2.05) is 0 Å². The fourth-order valence-corrected chi connectivity index (χ4v) is 4.21. The smallest absolute Gasteiger partial charge is 0.333 e. The molecule has 2 aliphatic carbocycles. The molecule has 2 fully saturated rings. The maximum absolute atomic E-state index is 14.7. The second kappa shape index (κ2) is 10.7. The molecule has 31 heavy (non-hydrogen) atoms. The number of halogens is 1. The van der Waals surface area contributed by atoms with E-state index in [0.29, 0.717) is 25.7 Å². The molecule has 0 bridgehead atoms. The van der Waals surface area contributed by atoms with Crippen molar-refractivity contribution in [3.05, 3.63) is 36.5 Å². The van der Waals surface area contributed by atoms with Gasteiger partial charge >= 0.3 is 17.9 Å². The van der Waals surface area contributed by atoms with Gasteiger partial charge in [0.1, 0.15) is 24.5 Å². The van der Waals surface area contributed by atoms with Crippen molar-refractivity contribution in [3.8, 4) is 0 Å². The molecule has 0 radical (unpaired) electrons. The number of rotatable bonds is 7. The minimum absolute atomic E-state index is 0.0682. The van der Waals surface area contributed by atoms with Crippen LogP contribution in [-0.2, 0) is 28.6 Å². The monoisotopic (exact) mass is 436 g/mol. The Bertz CT molecular complexity index is 757. The van der Waals surface area contributed by atoms with Gasteiger partial charge in [-0.25, -0.2) is 18.8 Å². The largest absolute Gasteiger partial charge is 0.456 e. The second-order valence-corrected chi connectivity index (χ2v) is 8.83. The lowest BCUT2D eigenvalue weighted by Crippen LogP contribution is -2.44. The van der Waals surface area contributed by atoms with E-state index in [4.69, 9.17) is 14.2 Å². The van der Waals surface area contributed by atoms with Crippen LogP contribution in [0.1, 0.15) is 59.3 Å². The Hall–Kier alpha value is -2.44. The van der Waals surface area contributed by atoms with Gasteiger partial charge < -0.3 is 14.2 Å². The summed E-state index contributed by atoms with van der Waals surface area (Å²) in [6.07, 6.45) is -0.0784. The molecule has 0 aromatic heterocycles. The molecule has 0 spiro atoms. The molecule has 6 atom stereocenters. The molecule has 6 nitrogen and oxygen atoms in total. The number of hydrogen-bond donors (Lipinski definition) is 0. The van der Waals surface area contributed by atoms with Gasteiger partial charge in [-0.2, -0.15) is 0 Å². The molecule has 0 heterocycles. The van der Waals surface area contributed by atoms with Gasteiger partial charge in [0.25, 0.3) is 0 Å². The highest BCUT2D eigenvalue weighted by atomic mass is 19.1. The van der Waals surface area contributed by atoms with Gasteiger partial charge in [-0.1, -0.05) is 19.7 Å². The zero-order valence-electron chi connectivity index (χ0n) is 18.7. The summed E-state index contributed by atoms with van der Waals surface area (Å²) in [5.74, 6) is -1.46. The molecule has 0 aromatic rings. The molecular weight excluding hydrogens is 403 g/mol. The lowest BCUT2D eigenvalue weighted by Gasteiger charge is -2.41. The molecule has 0 aromatic carbocycles. The van der Waals surface area contributed by atoms with Crippen LogP contribution < -0.4 is 0 Å². The van der Waals surface area contributed by atoms with Crippen LogP contribution in [-0.4, -0.2) is 42.4 Å². The average molecular weight is 437 g/mol. The molecule has 0 aliphatic heterocycles. The highest BCUT2D eigenvalue weighted by molar-refractivity contribution is 5.88. The maximum Gasteiger partial charge on any atom is 0.333 e. The lowest BCUT2D eigenvalue weighted by atomic mass is 9.71.